The van der Waals surface area contributed by atoms with Crippen molar-refractivity contribution in [2.75, 3.05) is 0 Å². The maximum atomic E-state index is 8.41. The summed E-state index contributed by atoms with van der Waals surface area (Å²) in [5.41, 5.74) is 4.28. The second kappa shape index (κ2) is 4.56. The van der Waals surface area contributed by atoms with Gasteiger partial charge in [0.25, 0.3) is 0 Å². The Bertz CT molecular complexity index is 527. The van der Waals surface area contributed by atoms with Crippen molar-refractivity contribution in [1.29, 1.82) is 5.41 Å². The number of benzene rings is 1. The highest BCUT2D eigenvalue weighted by Gasteiger charge is 2.24. The molecule has 1 nitrogen and oxygen atoms in total. The maximum absolute atomic E-state index is 8.41. The molecule has 0 saturated heterocycles. The highest BCUT2D eigenvalue weighted by molar-refractivity contribution is 6.03. The molecule has 0 aliphatic heterocycles. The van der Waals surface area contributed by atoms with Crippen LogP contribution in [0.4, 0.5) is 0 Å². The first-order valence-electron chi connectivity index (χ1n) is 6.44. The van der Waals surface area contributed by atoms with Gasteiger partial charge in [0, 0.05) is 17.0 Å². The van der Waals surface area contributed by atoms with E-state index in [0.29, 0.717) is 11.6 Å². The third-order valence-corrected chi connectivity index (χ3v) is 3.47. The van der Waals surface area contributed by atoms with Crippen molar-refractivity contribution in [3.05, 3.63) is 59.2 Å². The molecule has 0 amide bonds. The molecule has 0 spiro atoms. The van der Waals surface area contributed by atoms with Gasteiger partial charge in [-0.3, -0.25) is 0 Å². The Balaban J connectivity index is 2.47. The monoisotopic (exact) mass is 239 g/mol. The van der Waals surface area contributed by atoms with Crippen molar-refractivity contribution in [3.8, 4) is 0 Å². The molecule has 0 bridgehead atoms. The molecule has 1 atom stereocenters. The van der Waals surface area contributed by atoms with Crippen molar-refractivity contribution in [2.24, 2.45) is 5.41 Å². The van der Waals surface area contributed by atoms with Crippen LogP contribution in [-0.4, -0.2) is 5.71 Å². The van der Waals surface area contributed by atoms with Crippen LogP contribution >= 0.6 is 0 Å². The lowest BCUT2D eigenvalue weighted by Crippen LogP contribution is -2.22. The summed E-state index contributed by atoms with van der Waals surface area (Å²) in [6.45, 7) is 8.44. The van der Waals surface area contributed by atoms with Crippen LogP contribution in [0.3, 0.4) is 0 Å². The van der Waals surface area contributed by atoms with Crippen LogP contribution in [-0.2, 0) is 0 Å². The molecule has 0 heterocycles. The minimum Gasteiger partial charge on any atom is -0.304 e. The molecule has 1 aromatic rings. The fourth-order valence-electron chi connectivity index (χ4n) is 2.32. The molecule has 94 valence electrons. The van der Waals surface area contributed by atoms with Crippen LogP contribution in [0.5, 0.6) is 0 Å². The first kappa shape index (κ1) is 12.8. The zero-order valence-corrected chi connectivity index (χ0v) is 11.6. The topological polar surface area (TPSA) is 23.9 Å². The molecule has 1 aliphatic rings. The maximum Gasteiger partial charge on any atom is 0.0442 e. The molecular weight excluding hydrogens is 218 g/mol. The highest BCUT2D eigenvalue weighted by Crippen LogP contribution is 2.34. The normalized spacial score (nSPS) is 18.9. The van der Waals surface area contributed by atoms with E-state index in [0.717, 1.165) is 5.56 Å². The molecule has 2 rings (SSSR count). The summed E-state index contributed by atoms with van der Waals surface area (Å²) in [4.78, 5) is 0. The summed E-state index contributed by atoms with van der Waals surface area (Å²) in [5, 5.41) is 8.41. The average Bonchev–Trinajstić information content (AvgIpc) is 2.73. The summed E-state index contributed by atoms with van der Waals surface area (Å²) in [5.74, 6) is 0.337. The molecule has 1 aliphatic carbocycles. The molecule has 1 N–H and O–H groups in total. The minimum absolute atomic E-state index is 0.115. The molecule has 18 heavy (non-hydrogen) atoms. The summed E-state index contributed by atoms with van der Waals surface area (Å²) < 4.78 is 0. The molecule has 0 aromatic heterocycles. The Morgan fingerprint density at radius 1 is 1.17 bits per heavy atom. The molecule has 0 radical (unpaired) electrons. The van der Waals surface area contributed by atoms with Gasteiger partial charge in [-0.1, -0.05) is 68.8 Å². The largest absolute Gasteiger partial charge is 0.304 e. The van der Waals surface area contributed by atoms with E-state index in [1.54, 1.807) is 0 Å². The fourth-order valence-corrected chi connectivity index (χ4v) is 2.32. The third kappa shape index (κ3) is 2.31. The first-order chi connectivity index (χ1) is 8.41. The molecule has 0 saturated carbocycles. The smallest absolute Gasteiger partial charge is 0.0442 e. The molecule has 1 unspecified atom stereocenters. The van der Waals surface area contributed by atoms with Gasteiger partial charge in [-0.15, -0.1) is 0 Å². The van der Waals surface area contributed by atoms with Crippen LogP contribution in [0.25, 0.3) is 0 Å². The lowest BCUT2D eigenvalue weighted by atomic mass is 9.80. The highest BCUT2D eigenvalue weighted by atomic mass is 14.5. The summed E-state index contributed by atoms with van der Waals surface area (Å²) in [7, 11) is 0. The lowest BCUT2D eigenvalue weighted by molar-refractivity contribution is 0.588. The number of hydrogen-bond donors (Lipinski definition) is 1. The summed E-state index contributed by atoms with van der Waals surface area (Å²) in [6.07, 6.45) is 6.48. The van der Waals surface area contributed by atoms with Gasteiger partial charge >= 0.3 is 0 Å². The molecule has 1 aromatic carbocycles. The van der Waals surface area contributed by atoms with E-state index in [1.807, 2.05) is 6.07 Å². The minimum atomic E-state index is -0.115. The van der Waals surface area contributed by atoms with Gasteiger partial charge in [-0.05, 0) is 18.1 Å². The van der Waals surface area contributed by atoms with E-state index in [2.05, 4.69) is 64.1 Å². The zero-order chi connectivity index (χ0) is 13.3. The van der Waals surface area contributed by atoms with Gasteiger partial charge in [-0.25, -0.2) is 0 Å². The Labute approximate surface area is 110 Å². The van der Waals surface area contributed by atoms with Gasteiger partial charge in [0.2, 0.25) is 0 Å². The van der Waals surface area contributed by atoms with E-state index >= 15 is 0 Å². The van der Waals surface area contributed by atoms with Crippen LogP contribution in [0, 0.1) is 10.8 Å². The molecule has 0 fully saturated rings. The SMILES string of the molecule is CC1=CC=CC1c1ccccc1C(=N)C(C)(C)C. The van der Waals surface area contributed by atoms with E-state index < -0.39 is 0 Å². The van der Waals surface area contributed by atoms with Crippen molar-refractivity contribution in [3.63, 3.8) is 0 Å². The van der Waals surface area contributed by atoms with Crippen molar-refractivity contribution in [2.45, 2.75) is 33.6 Å². The van der Waals surface area contributed by atoms with Gasteiger partial charge < -0.3 is 5.41 Å². The first-order valence-corrected chi connectivity index (χ1v) is 6.44. The third-order valence-electron chi connectivity index (χ3n) is 3.47. The van der Waals surface area contributed by atoms with E-state index in [-0.39, 0.29) is 5.41 Å². The number of rotatable bonds is 2. The second-order valence-electron chi connectivity index (χ2n) is 5.99. The average molecular weight is 239 g/mol. The molecular formula is C17H21N. The fraction of sp³-hybridized carbons (Fsp3) is 0.353. The predicted molar refractivity (Wildman–Crippen MR) is 78.4 cm³/mol. The van der Waals surface area contributed by atoms with Gasteiger partial charge in [0.15, 0.2) is 0 Å². The quantitative estimate of drug-likeness (QED) is 0.723. The van der Waals surface area contributed by atoms with Crippen molar-refractivity contribution < 1.29 is 0 Å². The predicted octanol–water partition coefficient (Wildman–Crippen LogP) is 4.70. The zero-order valence-electron chi connectivity index (χ0n) is 11.6. The van der Waals surface area contributed by atoms with Crippen LogP contribution in [0.1, 0.15) is 44.7 Å². The van der Waals surface area contributed by atoms with E-state index in [9.17, 15) is 0 Å². The van der Waals surface area contributed by atoms with Crippen LogP contribution in [0.15, 0.2) is 48.1 Å². The Morgan fingerprint density at radius 3 is 2.39 bits per heavy atom. The number of allylic oxidation sites excluding steroid dienone is 4. The summed E-state index contributed by atoms with van der Waals surface area (Å²) in [6, 6.07) is 8.31. The van der Waals surface area contributed by atoms with E-state index in [4.69, 9.17) is 5.41 Å². The van der Waals surface area contributed by atoms with Gasteiger partial charge in [0.1, 0.15) is 0 Å². The Hall–Kier alpha value is -1.63. The summed E-state index contributed by atoms with van der Waals surface area (Å²) >= 11 is 0. The molecule has 1 heteroatoms. The standard InChI is InChI=1S/C17H21N/c1-12-8-7-11-13(12)14-9-5-6-10-15(14)16(18)17(2,3)4/h5-11,13,18H,1-4H3. The Morgan fingerprint density at radius 2 is 1.83 bits per heavy atom. The van der Waals surface area contributed by atoms with Crippen molar-refractivity contribution in [1.82, 2.24) is 0 Å². The van der Waals surface area contributed by atoms with Gasteiger partial charge in [-0.2, -0.15) is 0 Å². The lowest BCUT2D eigenvalue weighted by Gasteiger charge is -2.24. The van der Waals surface area contributed by atoms with Crippen LogP contribution < -0.4 is 0 Å². The Kier molecular flexibility index (Phi) is 3.25. The second-order valence-corrected chi connectivity index (χ2v) is 5.99. The van der Waals surface area contributed by atoms with Gasteiger partial charge in [0.05, 0.1) is 0 Å². The number of hydrogen-bond acceptors (Lipinski definition) is 1. The van der Waals surface area contributed by atoms with E-state index in [1.165, 1.54) is 11.1 Å². The number of nitrogens with one attached hydrogen (secondary N) is 1. The van der Waals surface area contributed by atoms with Crippen molar-refractivity contribution >= 4 is 5.71 Å². The van der Waals surface area contributed by atoms with Crippen LogP contribution in [0.2, 0.25) is 0 Å².